The van der Waals surface area contributed by atoms with E-state index < -0.39 is 0 Å². The Morgan fingerprint density at radius 2 is 1.71 bits per heavy atom. The molecule has 0 spiro atoms. The molecule has 3 nitrogen and oxygen atoms in total. The first-order valence-corrected chi connectivity index (χ1v) is 7.65. The van der Waals surface area contributed by atoms with Crippen LogP contribution in [-0.2, 0) is 22.5 Å². The standard InChI is InChI=1S/C18H27NO2/c1-17(2)15(18(17,3)4)12-19-11-14-9-7-6-8-13(14)10-16(20)21-5/h6-9,15,19H,10-12H2,1-5H3. The summed E-state index contributed by atoms with van der Waals surface area (Å²) >= 11 is 0. The molecule has 1 saturated carbocycles. The van der Waals surface area contributed by atoms with Crippen molar-refractivity contribution in [3.8, 4) is 0 Å². The highest BCUT2D eigenvalue weighted by atomic mass is 16.5. The molecule has 1 aromatic rings. The van der Waals surface area contributed by atoms with E-state index in [1.54, 1.807) is 0 Å². The van der Waals surface area contributed by atoms with Gasteiger partial charge in [-0.25, -0.2) is 0 Å². The molecule has 0 radical (unpaired) electrons. The largest absolute Gasteiger partial charge is 0.469 e. The van der Waals surface area contributed by atoms with Crippen LogP contribution in [0.2, 0.25) is 0 Å². The third kappa shape index (κ3) is 3.13. The summed E-state index contributed by atoms with van der Waals surface area (Å²) in [6, 6.07) is 8.06. The summed E-state index contributed by atoms with van der Waals surface area (Å²) in [5, 5.41) is 3.55. The fourth-order valence-electron chi connectivity index (χ4n) is 3.32. The van der Waals surface area contributed by atoms with Crippen molar-refractivity contribution < 1.29 is 9.53 Å². The maximum atomic E-state index is 11.5. The Morgan fingerprint density at radius 3 is 2.24 bits per heavy atom. The number of ether oxygens (including phenoxy) is 1. The van der Waals surface area contributed by atoms with Gasteiger partial charge in [-0.1, -0.05) is 52.0 Å². The maximum Gasteiger partial charge on any atom is 0.309 e. The number of carbonyl (C=O) groups excluding carboxylic acids is 1. The molecule has 1 N–H and O–H groups in total. The zero-order valence-electron chi connectivity index (χ0n) is 13.8. The average Bonchev–Trinajstić information content (AvgIpc) is 2.82. The van der Waals surface area contributed by atoms with E-state index >= 15 is 0 Å². The monoisotopic (exact) mass is 289 g/mol. The molecule has 1 fully saturated rings. The summed E-state index contributed by atoms with van der Waals surface area (Å²) in [7, 11) is 1.43. The van der Waals surface area contributed by atoms with E-state index in [0.717, 1.165) is 18.7 Å². The number of methoxy groups -OCH3 is 1. The fraction of sp³-hybridized carbons (Fsp3) is 0.611. The van der Waals surface area contributed by atoms with E-state index in [2.05, 4.69) is 39.1 Å². The Kier molecular flexibility index (Phi) is 4.43. The van der Waals surface area contributed by atoms with Crippen LogP contribution in [0.1, 0.15) is 38.8 Å². The zero-order chi connectivity index (χ0) is 15.7. The molecule has 116 valence electrons. The second-order valence-corrected chi connectivity index (χ2v) is 7.15. The molecule has 0 amide bonds. The molecule has 0 unspecified atom stereocenters. The minimum atomic E-state index is -0.188. The van der Waals surface area contributed by atoms with Gasteiger partial charge in [-0.05, 0) is 34.4 Å². The summed E-state index contributed by atoms with van der Waals surface area (Å²) in [4.78, 5) is 11.5. The number of hydrogen-bond acceptors (Lipinski definition) is 3. The number of esters is 1. The van der Waals surface area contributed by atoms with Gasteiger partial charge in [0, 0.05) is 6.54 Å². The van der Waals surface area contributed by atoms with E-state index in [1.165, 1.54) is 12.7 Å². The highest BCUT2D eigenvalue weighted by Gasteiger charge is 2.63. The molecule has 0 saturated heterocycles. The molecule has 2 rings (SSSR count). The first-order chi connectivity index (χ1) is 9.80. The summed E-state index contributed by atoms with van der Waals surface area (Å²) in [5.41, 5.74) is 3.04. The lowest BCUT2D eigenvalue weighted by Crippen LogP contribution is -2.20. The van der Waals surface area contributed by atoms with E-state index in [0.29, 0.717) is 23.2 Å². The highest BCUT2D eigenvalue weighted by Crippen LogP contribution is 2.67. The third-order valence-electron chi connectivity index (χ3n) is 5.66. The van der Waals surface area contributed by atoms with Crippen LogP contribution in [0.15, 0.2) is 24.3 Å². The Labute approximate surface area is 128 Å². The second-order valence-electron chi connectivity index (χ2n) is 7.15. The van der Waals surface area contributed by atoms with Gasteiger partial charge in [0.05, 0.1) is 13.5 Å². The maximum absolute atomic E-state index is 11.5. The van der Waals surface area contributed by atoms with Crippen molar-refractivity contribution >= 4 is 5.97 Å². The molecule has 1 aliphatic carbocycles. The summed E-state index contributed by atoms with van der Waals surface area (Å²) < 4.78 is 4.76. The summed E-state index contributed by atoms with van der Waals surface area (Å²) in [6.07, 6.45) is 0.342. The summed E-state index contributed by atoms with van der Waals surface area (Å²) in [5.74, 6) is 0.518. The highest BCUT2D eigenvalue weighted by molar-refractivity contribution is 5.72. The number of rotatable bonds is 6. The van der Waals surface area contributed by atoms with Crippen molar-refractivity contribution in [2.24, 2.45) is 16.7 Å². The lowest BCUT2D eigenvalue weighted by Gasteiger charge is -2.10. The Hall–Kier alpha value is -1.35. The summed E-state index contributed by atoms with van der Waals surface area (Å²) in [6.45, 7) is 11.2. The number of carbonyl (C=O) groups is 1. The Morgan fingerprint density at radius 1 is 1.14 bits per heavy atom. The topological polar surface area (TPSA) is 38.3 Å². The fourth-order valence-corrected chi connectivity index (χ4v) is 3.32. The van der Waals surface area contributed by atoms with Gasteiger partial charge < -0.3 is 10.1 Å². The Balaban J connectivity index is 1.91. The minimum absolute atomic E-state index is 0.188. The molecular weight excluding hydrogens is 262 g/mol. The van der Waals surface area contributed by atoms with Crippen LogP contribution in [0.3, 0.4) is 0 Å². The minimum Gasteiger partial charge on any atom is -0.469 e. The van der Waals surface area contributed by atoms with Crippen molar-refractivity contribution in [1.82, 2.24) is 5.32 Å². The van der Waals surface area contributed by atoms with Crippen molar-refractivity contribution in [1.29, 1.82) is 0 Å². The van der Waals surface area contributed by atoms with Crippen LogP contribution in [0.4, 0.5) is 0 Å². The van der Waals surface area contributed by atoms with Gasteiger partial charge in [0.2, 0.25) is 0 Å². The molecule has 0 heterocycles. The molecule has 0 aromatic heterocycles. The Bertz CT molecular complexity index is 506. The third-order valence-corrected chi connectivity index (χ3v) is 5.66. The van der Waals surface area contributed by atoms with E-state index in [4.69, 9.17) is 4.74 Å². The molecule has 0 aliphatic heterocycles. The van der Waals surface area contributed by atoms with Crippen LogP contribution < -0.4 is 5.32 Å². The SMILES string of the molecule is COC(=O)Cc1ccccc1CNCC1C(C)(C)C1(C)C. The van der Waals surface area contributed by atoms with Gasteiger partial charge in [-0.3, -0.25) is 4.79 Å². The van der Waals surface area contributed by atoms with Crippen LogP contribution >= 0.6 is 0 Å². The number of nitrogens with one attached hydrogen (secondary N) is 1. The van der Waals surface area contributed by atoms with Gasteiger partial charge in [0.25, 0.3) is 0 Å². The van der Waals surface area contributed by atoms with E-state index in [1.807, 2.05) is 18.2 Å². The van der Waals surface area contributed by atoms with Crippen molar-refractivity contribution in [3.05, 3.63) is 35.4 Å². The first-order valence-electron chi connectivity index (χ1n) is 7.65. The first kappa shape index (κ1) is 16.0. The van der Waals surface area contributed by atoms with Crippen molar-refractivity contribution in [2.75, 3.05) is 13.7 Å². The van der Waals surface area contributed by atoms with Crippen LogP contribution in [0.25, 0.3) is 0 Å². The smallest absolute Gasteiger partial charge is 0.309 e. The van der Waals surface area contributed by atoms with Gasteiger partial charge in [0.1, 0.15) is 0 Å². The molecule has 1 aromatic carbocycles. The number of hydrogen-bond donors (Lipinski definition) is 1. The molecular formula is C18H27NO2. The van der Waals surface area contributed by atoms with E-state index in [-0.39, 0.29) is 5.97 Å². The quantitative estimate of drug-likeness (QED) is 0.817. The lowest BCUT2D eigenvalue weighted by atomic mass is 10.0. The van der Waals surface area contributed by atoms with E-state index in [9.17, 15) is 4.79 Å². The van der Waals surface area contributed by atoms with Gasteiger partial charge in [-0.2, -0.15) is 0 Å². The predicted octanol–water partition coefficient (Wildman–Crippen LogP) is 3.17. The van der Waals surface area contributed by atoms with Crippen LogP contribution in [0.5, 0.6) is 0 Å². The number of benzene rings is 1. The van der Waals surface area contributed by atoms with Gasteiger partial charge >= 0.3 is 5.97 Å². The molecule has 21 heavy (non-hydrogen) atoms. The average molecular weight is 289 g/mol. The zero-order valence-corrected chi connectivity index (χ0v) is 13.8. The molecule has 3 heteroatoms. The molecule has 1 aliphatic rings. The van der Waals surface area contributed by atoms with Gasteiger partial charge in [-0.15, -0.1) is 0 Å². The van der Waals surface area contributed by atoms with Crippen molar-refractivity contribution in [2.45, 2.75) is 40.7 Å². The second kappa shape index (κ2) is 5.80. The van der Waals surface area contributed by atoms with Crippen LogP contribution in [-0.4, -0.2) is 19.6 Å². The predicted molar refractivity (Wildman–Crippen MR) is 84.9 cm³/mol. The lowest BCUT2D eigenvalue weighted by molar-refractivity contribution is -0.139. The van der Waals surface area contributed by atoms with Crippen molar-refractivity contribution in [3.63, 3.8) is 0 Å². The van der Waals surface area contributed by atoms with Gasteiger partial charge in [0.15, 0.2) is 0 Å². The van der Waals surface area contributed by atoms with Crippen LogP contribution in [0, 0.1) is 16.7 Å². The normalized spacial score (nSPS) is 19.3. The molecule has 0 bridgehead atoms. The molecule has 0 atom stereocenters.